The maximum atomic E-state index is 13.2. The third-order valence-corrected chi connectivity index (χ3v) is 4.79. The molecule has 28 heavy (non-hydrogen) atoms. The molecule has 1 aliphatic heterocycles. The van der Waals surface area contributed by atoms with Crippen LogP contribution in [0.25, 0.3) is 0 Å². The van der Waals surface area contributed by atoms with Crippen LogP contribution in [0, 0.1) is 11.6 Å². The van der Waals surface area contributed by atoms with Crippen molar-refractivity contribution in [3.63, 3.8) is 0 Å². The van der Waals surface area contributed by atoms with Crippen molar-refractivity contribution in [2.45, 2.75) is 45.3 Å². The minimum atomic E-state index is -0.665. The van der Waals surface area contributed by atoms with Crippen molar-refractivity contribution >= 4 is 0 Å². The fourth-order valence-electron chi connectivity index (χ4n) is 3.39. The molecule has 1 aliphatic rings. The zero-order valence-corrected chi connectivity index (χ0v) is 15.5. The summed E-state index contributed by atoms with van der Waals surface area (Å²) in [6, 6.07) is 10.5. The van der Waals surface area contributed by atoms with Crippen molar-refractivity contribution in [2.75, 3.05) is 0 Å². The van der Waals surface area contributed by atoms with E-state index in [0.717, 1.165) is 48.4 Å². The average molecular weight is 384 g/mol. The SMILES string of the molecule is Fc1cc(F)cc(Oc2ccc(CNCc3nnc4n3CCCCC4)cc2)c1. The van der Waals surface area contributed by atoms with E-state index in [0.29, 0.717) is 18.8 Å². The first-order valence-electron chi connectivity index (χ1n) is 9.52. The minimum Gasteiger partial charge on any atom is -0.457 e. The van der Waals surface area contributed by atoms with E-state index in [1.807, 2.05) is 12.1 Å². The molecule has 0 amide bonds. The topological polar surface area (TPSA) is 52.0 Å². The Morgan fingerprint density at radius 1 is 0.893 bits per heavy atom. The molecule has 0 bridgehead atoms. The fraction of sp³-hybridized carbons (Fsp3) is 0.333. The number of aryl methyl sites for hydroxylation is 1. The summed E-state index contributed by atoms with van der Waals surface area (Å²) in [7, 11) is 0. The van der Waals surface area contributed by atoms with Gasteiger partial charge in [0.15, 0.2) is 0 Å². The lowest BCUT2D eigenvalue weighted by atomic mass is 10.2. The Labute approximate surface area is 162 Å². The monoisotopic (exact) mass is 384 g/mol. The molecule has 0 atom stereocenters. The Bertz CT molecular complexity index is 920. The van der Waals surface area contributed by atoms with Crippen molar-refractivity contribution in [3.8, 4) is 11.5 Å². The van der Waals surface area contributed by atoms with Crippen LogP contribution >= 0.6 is 0 Å². The van der Waals surface area contributed by atoms with Crippen LogP contribution in [0.4, 0.5) is 8.78 Å². The molecule has 2 heterocycles. The molecule has 2 aromatic carbocycles. The molecule has 5 nitrogen and oxygen atoms in total. The molecular formula is C21H22F2N4O. The van der Waals surface area contributed by atoms with Crippen molar-refractivity contribution in [1.29, 1.82) is 0 Å². The summed E-state index contributed by atoms with van der Waals surface area (Å²) < 4.78 is 34.2. The molecule has 0 fully saturated rings. The molecule has 0 saturated heterocycles. The number of aromatic nitrogens is 3. The third-order valence-electron chi connectivity index (χ3n) is 4.79. The molecule has 146 valence electrons. The standard InChI is InChI=1S/C21H22F2N4O/c22-16-10-17(23)12-19(11-16)28-18-7-5-15(6-8-18)13-24-14-21-26-25-20-4-2-1-3-9-27(20)21/h5-8,10-12,24H,1-4,9,13-14H2. The van der Waals surface area contributed by atoms with Crippen molar-refractivity contribution in [1.82, 2.24) is 20.1 Å². The molecule has 3 aromatic rings. The van der Waals surface area contributed by atoms with E-state index in [-0.39, 0.29) is 5.75 Å². The summed E-state index contributed by atoms with van der Waals surface area (Å²) in [4.78, 5) is 0. The first-order valence-corrected chi connectivity index (χ1v) is 9.52. The Morgan fingerprint density at radius 2 is 1.68 bits per heavy atom. The van der Waals surface area contributed by atoms with Crippen molar-refractivity contribution in [2.24, 2.45) is 0 Å². The number of rotatable bonds is 6. The highest BCUT2D eigenvalue weighted by atomic mass is 19.1. The highest BCUT2D eigenvalue weighted by molar-refractivity contribution is 5.33. The van der Waals surface area contributed by atoms with Crippen molar-refractivity contribution < 1.29 is 13.5 Å². The molecule has 0 saturated carbocycles. The van der Waals surface area contributed by atoms with Gasteiger partial charge < -0.3 is 14.6 Å². The molecule has 1 N–H and O–H groups in total. The third kappa shape index (κ3) is 4.54. The number of ether oxygens (including phenoxy) is 1. The number of hydrogen-bond donors (Lipinski definition) is 1. The van der Waals surface area contributed by atoms with E-state index >= 15 is 0 Å². The highest BCUT2D eigenvalue weighted by Crippen LogP contribution is 2.23. The van der Waals surface area contributed by atoms with Gasteiger partial charge in [0.25, 0.3) is 0 Å². The number of benzene rings is 2. The first kappa shape index (κ1) is 18.6. The van der Waals surface area contributed by atoms with Crippen LogP contribution in [0.1, 0.15) is 36.5 Å². The van der Waals surface area contributed by atoms with Crippen LogP contribution < -0.4 is 10.1 Å². The summed E-state index contributed by atoms with van der Waals surface area (Å²) in [6.07, 6.45) is 4.60. The van der Waals surface area contributed by atoms with E-state index in [9.17, 15) is 8.78 Å². The molecule has 0 radical (unpaired) electrons. The second-order valence-corrected chi connectivity index (χ2v) is 6.95. The van der Waals surface area contributed by atoms with Gasteiger partial charge in [-0.2, -0.15) is 0 Å². The van der Waals surface area contributed by atoms with E-state index in [1.54, 1.807) is 12.1 Å². The zero-order chi connectivity index (χ0) is 19.3. The molecule has 0 aliphatic carbocycles. The predicted octanol–water partition coefficient (Wildman–Crippen LogP) is 4.36. The van der Waals surface area contributed by atoms with Crippen LogP contribution in [0.2, 0.25) is 0 Å². The zero-order valence-electron chi connectivity index (χ0n) is 15.5. The average Bonchev–Trinajstić information content (AvgIpc) is 2.89. The predicted molar refractivity (Wildman–Crippen MR) is 101 cm³/mol. The minimum absolute atomic E-state index is 0.135. The highest BCUT2D eigenvalue weighted by Gasteiger charge is 2.14. The second kappa shape index (κ2) is 8.48. The summed E-state index contributed by atoms with van der Waals surface area (Å²) in [5, 5.41) is 12.0. The fourth-order valence-corrected chi connectivity index (χ4v) is 3.39. The molecule has 7 heteroatoms. The van der Waals surface area contributed by atoms with Gasteiger partial charge in [-0.15, -0.1) is 10.2 Å². The number of hydrogen-bond acceptors (Lipinski definition) is 4. The van der Waals surface area contributed by atoms with Crippen LogP contribution in [-0.4, -0.2) is 14.8 Å². The normalized spacial score (nSPS) is 13.8. The maximum Gasteiger partial charge on any atom is 0.147 e. The summed E-state index contributed by atoms with van der Waals surface area (Å²) in [5.41, 5.74) is 1.08. The van der Waals surface area contributed by atoms with Gasteiger partial charge in [0.05, 0.1) is 6.54 Å². The number of halogens is 2. The van der Waals surface area contributed by atoms with E-state index in [1.165, 1.54) is 19.3 Å². The van der Waals surface area contributed by atoms with Crippen molar-refractivity contribution in [3.05, 3.63) is 71.3 Å². The Kier molecular flexibility index (Phi) is 5.62. The van der Waals surface area contributed by atoms with Gasteiger partial charge in [-0.3, -0.25) is 0 Å². The maximum absolute atomic E-state index is 13.2. The van der Waals surface area contributed by atoms with Gasteiger partial charge >= 0.3 is 0 Å². The van der Waals surface area contributed by atoms with Gasteiger partial charge in [0.2, 0.25) is 0 Å². The van der Waals surface area contributed by atoms with Crippen LogP contribution in [0.5, 0.6) is 11.5 Å². The molecule has 4 rings (SSSR count). The van der Waals surface area contributed by atoms with Gasteiger partial charge in [-0.1, -0.05) is 18.6 Å². The van der Waals surface area contributed by atoms with Gasteiger partial charge in [-0.25, -0.2) is 8.78 Å². The molecule has 0 spiro atoms. The number of fused-ring (bicyclic) bond motifs is 1. The molecule has 0 unspecified atom stereocenters. The Hall–Kier alpha value is -2.80. The smallest absolute Gasteiger partial charge is 0.147 e. The lowest BCUT2D eigenvalue weighted by Gasteiger charge is -2.09. The lowest BCUT2D eigenvalue weighted by Crippen LogP contribution is -2.17. The second-order valence-electron chi connectivity index (χ2n) is 6.95. The molecule has 1 aromatic heterocycles. The van der Waals surface area contributed by atoms with Crippen LogP contribution in [0.15, 0.2) is 42.5 Å². The largest absolute Gasteiger partial charge is 0.457 e. The quantitative estimate of drug-likeness (QED) is 0.686. The first-order chi connectivity index (χ1) is 13.7. The lowest BCUT2D eigenvalue weighted by molar-refractivity contribution is 0.468. The van der Waals surface area contributed by atoms with E-state index < -0.39 is 11.6 Å². The number of nitrogens with zero attached hydrogens (tertiary/aromatic N) is 3. The summed E-state index contributed by atoms with van der Waals surface area (Å²) >= 11 is 0. The van der Waals surface area contributed by atoms with Gasteiger partial charge in [-0.05, 0) is 30.5 Å². The number of nitrogens with one attached hydrogen (secondary N) is 1. The Morgan fingerprint density at radius 3 is 2.46 bits per heavy atom. The van der Waals surface area contributed by atoms with Crippen LogP contribution in [0.3, 0.4) is 0 Å². The van der Waals surface area contributed by atoms with Crippen LogP contribution in [-0.2, 0) is 26.1 Å². The van der Waals surface area contributed by atoms with E-state index in [4.69, 9.17) is 4.74 Å². The van der Waals surface area contributed by atoms with Gasteiger partial charge in [0, 0.05) is 37.7 Å². The van der Waals surface area contributed by atoms with Gasteiger partial charge in [0.1, 0.15) is 34.8 Å². The van der Waals surface area contributed by atoms with E-state index in [2.05, 4.69) is 20.1 Å². The Balaban J connectivity index is 1.32. The molecular weight excluding hydrogens is 362 g/mol. The summed E-state index contributed by atoms with van der Waals surface area (Å²) in [6.45, 7) is 2.33. The summed E-state index contributed by atoms with van der Waals surface area (Å²) in [5.74, 6) is 1.39.